The Kier molecular flexibility index (Phi) is 5.93. The molecular weight excluding hydrogens is 442 g/mol. The number of rotatable bonds is 4. The van der Waals surface area contributed by atoms with Crippen molar-refractivity contribution in [2.24, 2.45) is 5.10 Å². The number of carbonyl (C=O) groups is 1. The number of nitrogens with zero attached hydrogens (tertiary/aromatic N) is 3. The Balaban J connectivity index is 1.75. The van der Waals surface area contributed by atoms with Crippen LogP contribution in [0.1, 0.15) is 48.2 Å². The van der Waals surface area contributed by atoms with E-state index in [1.807, 2.05) is 62.4 Å². The summed E-state index contributed by atoms with van der Waals surface area (Å²) in [4.78, 5) is 17.9. The lowest BCUT2D eigenvalue weighted by Gasteiger charge is -2.23. The van der Waals surface area contributed by atoms with E-state index in [2.05, 4.69) is 31.2 Å². The first-order chi connectivity index (χ1) is 16.5. The summed E-state index contributed by atoms with van der Waals surface area (Å²) < 4.78 is 0. The third-order valence-electron chi connectivity index (χ3n) is 6.49. The zero-order valence-corrected chi connectivity index (χ0v) is 20.3. The van der Waals surface area contributed by atoms with Crippen molar-refractivity contribution < 1.29 is 4.79 Å². The Morgan fingerprint density at radius 2 is 1.74 bits per heavy atom. The number of fused-ring (bicyclic) bond motifs is 1. The number of hydrazone groups is 1. The number of hydrogen-bond acceptors (Lipinski definition) is 3. The van der Waals surface area contributed by atoms with Gasteiger partial charge in [-0.05, 0) is 48.7 Å². The zero-order valence-electron chi connectivity index (χ0n) is 19.5. The number of amides is 1. The molecule has 0 saturated heterocycles. The van der Waals surface area contributed by atoms with Gasteiger partial charge >= 0.3 is 0 Å². The van der Waals surface area contributed by atoms with Crippen LogP contribution in [-0.2, 0) is 4.79 Å². The standard InChI is InChI=1S/C29H26ClN3O/c1-4-27(34)33-26(22-13-9-8-10-18(22)2)17-25(32-33)28-19(3)31-24-15-14-21(30)16-23(24)29(28)20-11-6-5-7-12-20/h5-16,26H,4,17H2,1-3H3/t26-/m1/s1. The molecule has 5 rings (SSSR count). The molecule has 0 saturated carbocycles. The molecule has 5 heteroatoms. The van der Waals surface area contributed by atoms with Crippen LogP contribution in [0.2, 0.25) is 5.02 Å². The van der Waals surface area contributed by atoms with Crippen molar-refractivity contribution in [2.45, 2.75) is 39.7 Å². The second kappa shape index (κ2) is 9.03. The molecular formula is C29H26ClN3O. The monoisotopic (exact) mass is 467 g/mol. The molecule has 4 aromatic rings. The maximum absolute atomic E-state index is 13.0. The highest BCUT2D eigenvalue weighted by Gasteiger charge is 2.35. The lowest BCUT2D eigenvalue weighted by atomic mass is 9.88. The average Bonchev–Trinajstić information content (AvgIpc) is 3.28. The molecule has 34 heavy (non-hydrogen) atoms. The molecule has 0 N–H and O–H groups in total. The van der Waals surface area contributed by atoms with E-state index < -0.39 is 0 Å². The Morgan fingerprint density at radius 3 is 2.47 bits per heavy atom. The van der Waals surface area contributed by atoms with Crippen LogP contribution in [0.4, 0.5) is 0 Å². The number of aromatic nitrogens is 1. The second-order valence-corrected chi connectivity index (χ2v) is 9.13. The first kappa shape index (κ1) is 22.3. The van der Waals surface area contributed by atoms with E-state index in [9.17, 15) is 4.79 Å². The van der Waals surface area contributed by atoms with Gasteiger partial charge in [-0.25, -0.2) is 5.01 Å². The number of aryl methyl sites for hydroxylation is 2. The molecule has 0 bridgehead atoms. The van der Waals surface area contributed by atoms with Gasteiger partial charge in [-0.2, -0.15) is 5.10 Å². The van der Waals surface area contributed by atoms with E-state index in [1.165, 1.54) is 0 Å². The van der Waals surface area contributed by atoms with Gasteiger partial charge in [-0.1, -0.05) is 73.1 Å². The fourth-order valence-electron chi connectivity index (χ4n) is 4.87. The van der Waals surface area contributed by atoms with Gasteiger partial charge in [-0.3, -0.25) is 9.78 Å². The molecule has 0 fully saturated rings. The Hall–Kier alpha value is -3.50. The molecule has 4 nitrogen and oxygen atoms in total. The number of hydrogen-bond donors (Lipinski definition) is 0. The van der Waals surface area contributed by atoms with E-state index in [0.717, 1.165) is 50.1 Å². The van der Waals surface area contributed by atoms with Gasteiger partial charge in [0.05, 0.1) is 17.3 Å². The van der Waals surface area contributed by atoms with Crippen LogP contribution in [0.25, 0.3) is 22.0 Å². The minimum atomic E-state index is -0.137. The number of halogens is 1. The summed E-state index contributed by atoms with van der Waals surface area (Å²) in [5.74, 6) is 0.0129. The van der Waals surface area contributed by atoms with Gasteiger partial charge in [0.1, 0.15) is 0 Å². The van der Waals surface area contributed by atoms with E-state index in [-0.39, 0.29) is 11.9 Å². The highest BCUT2D eigenvalue weighted by molar-refractivity contribution is 6.31. The molecule has 2 heterocycles. The van der Waals surface area contributed by atoms with Crippen LogP contribution in [0, 0.1) is 13.8 Å². The van der Waals surface area contributed by atoms with Crippen LogP contribution < -0.4 is 0 Å². The molecule has 170 valence electrons. The highest BCUT2D eigenvalue weighted by Crippen LogP contribution is 2.40. The molecule has 1 aliphatic heterocycles. The lowest BCUT2D eigenvalue weighted by Crippen LogP contribution is -2.26. The largest absolute Gasteiger partial charge is 0.273 e. The Bertz CT molecular complexity index is 1430. The highest BCUT2D eigenvalue weighted by atomic mass is 35.5. The predicted molar refractivity (Wildman–Crippen MR) is 139 cm³/mol. The minimum Gasteiger partial charge on any atom is -0.273 e. The van der Waals surface area contributed by atoms with Gasteiger partial charge in [0.2, 0.25) is 5.91 Å². The summed E-state index contributed by atoms with van der Waals surface area (Å²) in [6, 6.07) is 24.2. The quantitative estimate of drug-likeness (QED) is 0.317. The van der Waals surface area contributed by atoms with Gasteiger partial charge in [0, 0.05) is 40.1 Å². The zero-order chi connectivity index (χ0) is 23.8. The van der Waals surface area contributed by atoms with Crippen molar-refractivity contribution in [1.29, 1.82) is 0 Å². The summed E-state index contributed by atoms with van der Waals surface area (Å²) >= 11 is 6.42. The molecule has 1 aromatic heterocycles. The molecule has 0 spiro atoms. The number of benzene rings is 3. The van der Waals surface area contributed by atoms with E-state index >= 15 is 0 Å². The summed E-state index contributed by atoms with van der Waals surface area (Å²) in [5, 5.41) is 8.25. The smallest absolute Gasteiger partial charge is 0.242 e. The van der Waals surface area contributed by atoms with Crippen LogP contribution in [0.15, 0.2) is 77.9 Å². The van der Waals surface area contributed by atoms with Crippen molar-refractivity contribution in [3.63, 3.8) is 0 Å². The fourth-order valence-corrected chi connectivity index (χ4v) is 5.04. The predicted octanol–water partition coefficient (Wildman–Crippen LogP) is 7.26. The van der Waals surface area contributed by atoms with Crippen LogP contribution in [0.3, 0.4) is 0 Å². The summed E-state index contributed by atoms with van der Waals surface area (Å²) in [5.41, 5.74) is 8.04. The fraction of sp³-hybridized carbons (Fsp3) is 0.207. The molecule has 1 amide bonds. The van der Waals surface area contributed by atoms with Crippen LogP contribution in [-0.4, -0.2) is 21.6 Å². The van der Waals surface area contributed by atoms with Gasteiger partial charge in [0.15, 0.2) is 0 Å². The van der Waals surface area contributed by atoms with Crippen molar-refractivity contribution in [1.82, 2.24) is 9.99 Å². The second-order valence-electron chi connectivity index (χ2n) is 8.69. The Labute approximate surface area is 204 Å². The van der Waals surface area contributed by atoms with E-state index in [4.69, 9.17) is 21.7 Å². The summed E-state index contributed by atoms with van der Waals surface area (Å²) in [6.07, 6.45) is 1.03. The Morgan fingerprint density at radius 1 is 1.00 bits per heavy atom. The van der Waals surface area contributed by atoms with E-state index in [0.29, 0.717) is 17.9 Å². The minimum absolute atomic E-state index is 0.0129. The maximum atomic E-state index is 13.0. The van der Waals surface area contributed by atoms with Crippen molar-refractivity contribution >= 4 is 34.1 Å². The van der Waals surface area contributed by atoms with Crippen molar-refractivity contribution in [3.05, 3.63) is 100 Å². The number of pyridine rings is 1. The van der Waals surface area contributed by atoms with Crippen molar-refractivity contribution in [3.8, 4) is 11.1 Å². The molecule has 1 aliphatic rings. The van der Waals surface area contributed by atoms with E-state index in [1.54, 1.807) is 5.01 Å². The molecule has 0 unspecified atom stereocenters. The third kappa shape index (κ3) is 3.88. The first-order valence-electron chi connectivity index (χ1n) is 11.6. The molecule has 0 radical (unpaired) electrons. The average molecular weight is 468 g/mol. The van der Waals surface area contributed by atoms with Crippen molar-refractivity contribution in [2.75, 3.05) is 0 Å². The van der Waals surface area contributed by atoms with Gasteiger partial charge in [0.25, 0.3) is 0 Å². The van der Waals surface area contributed by atoms with Crippen LogP contribution >= 0.6 is 11.6 Å². The lowest BCUT2D eigenvalue weighted by molar-refractivity contribution is -0.132. The topological polar surface area (TPSA) is 45.6 Å². The molecule has 1 atom stereocenters. The molecule has 3 aromatic carbocycles. The van der Waals surface area contributed by atoms with Gasteiger partial charge in [-0.15, -0.1) is 0 Å². The van der Waals surface area contributed by atoms with Gasteiger partial charge < -0.3 is 0 Å². The first-order valence-corrected chi connectivity index (χ1v) is 12.0. The summed E-state index contributed by atoms with van der Waals surface area (Å²) in [6.45, 7) is 5.98. The summed E-state index contributed by atoms with van der Waals surface area (Å²) in [7, 11) is 0. The molecule has 0 aliphatic carbocycles. The third-order valence-corrected chi connectivity index (χ3v) is 6.73. The normalized spacial score (nSPS) is 15.6. The maximum Gasteiger partial charge on any atom is 0.242 e. The van der Waals surface area contributed by atoms with Crippen LogP contribution in [0.5, 0.6) is 0 Å². The number of carbonyl (C=O) groups excluding carboxylic acids is 1. The SMILES string of the molecule is CCC(=O)N1N=C(c2c(C)nc3ccc(Cl)cc3c2-c2ccccc2)C[C@@H]1c1ccccc1C.